The summed E-state index contributed by atoms with van der Waals surface area (Å²) >= 11 is 7.16. The second-order valence-electron chi connectivity index (χ2n) is 2.23. The van der Waals surface area contributed by atoms with E-state index in [1.807, 2.05) is 18.2 Å². The van der Waals surface area contributed by atoms with Crippen molar-refractivity contribution >= 4 is 11.6 Å². The average Bonchev–Trinajstić information content (AvgIpc) is 1.88. The van der Waals surface area contributed by atoms with Gasteiger partial charge in [-0.2, -0.15) is 0 Å². The van der Waals surface area contributed by atoms with Gasteiger partial charge in [-0.3, -0.25) is 0 Å². The fraction of sp³-hybridized carbons (Fsp3) is 0.250. The summed E-state index contributed by atoms with van der Waals surface area (Å²) in [5.41, 5.74) is 1.36. The molecule has 0 aliphatic heterocycles. The Hall–Kier alpha value is 0.613. The van der Waals surface area contributed by atoms with Crippen LogP contribution in [0.2, 0.25) is 10.0 Å². The molecule has 0 saturated heterocycles. The number of halogens is 2. The summed E-state index contributed by atoms with van der Waals surface area (Å²) in [7, 11) is 0. The van der Waals surface area contributed by atoms with Gasteiger partial charge < -0.3 is 17.0 Å². The zero-order valence-corrected chi connectivity index (χ0v) is 11.5. The predicted molar refractivity (Wildman–Crippen MR) is 40.0 cm³/mol. The zero-order chi connectivity index (χ0) is 7.40. The molecule has 56 valence electrons. The largest absolute Gasteiger partial charge is 1.00 e. The molecule has 0 amide bonds. The van der Waals surface area contributed by atoms with E-state index in [1.54, 1.807) is 0 Å². The Balaban J connectivity index is 0.000001000. The molecule has 3 heteroatoms. The summed E-state index contributed by atoms with van der Waals surface area (Å²) in [6.07, 6.45) is 1.18. The molecule has 0 nitrogen and oxygen atoms in total. The Morgan fingerprint density at radius 3 is 2.64 bits per heavy atom. The molecule has 0 aliphatic rings. The molecule has 0 spiro atoms. The third-order valence-electron chi connectivity index (χ3n) is 1.35. The van der Waals surface area contributed by atoms with Gasteiger partial charge in [0.05, 0.1) is 0 Å². The molecule has 1 aromatic rings. The van der Waals surface area contributed by atoms with Crippen molar-refractivity contribution in [2.75, 3.05) is 0 Å². The van der Waals surface area contributed by atoms with Crippen LogP contribution in [0.3, 0.4) is 0 Å². The first-order valence-corrected chi connectivity index (χ1v) is 5.84. The van der Waals surface area contributed by atoms with Gasteiger partial charge in [0.2, 0.25) is 0 Å². The van der Waals surface area contributed by atoms with Gasteiger partial charge in [-0.25, -0.2) is 0 Å². The molecular weight excluding hydrogens is 277 g/mol. The van der Waals surface area contributed by atoms with E-state index in [9.17, 15) is 0 Å². The van der Waals surface area contributed by atoms with Crippen LogP contribution in [0.4, 0.5) is 0 Å². The van der Waals surface area contributed by atoms with Crippen LogP contribution in [0.5, 0.6) is 0 Å². The van der Waals surface area contributed by atoms with Crippen LogP contribution in [-0.4, -0.2) is 0 Å². The molecule has 0 unspecified atom stereocenters. The Morgan fingerprint density at radius 2 is 2.09 bits per heavy atom. The maximum atomic E-state index is 5.79. The van der Waals surface area contributed by atoms with Gasteiger partial charge in [-0.05, 0) is 0 Å². The van der Waals surface area contributed by atoms with E-state index in [-0.39, 0.29) is 17.0 Å². The number of rotatable bonds is 2. The molecule has 0 aromatic heterocycles. The third kappa shape index (κ3) is 4.25. The van der Waals surface area contributed by atoms with Crippen molar-refractivity contribution in [3.63, 3.8) is 0 Å². The Kier molecular flexibility index (Phi) is 6.51. The second-order valence-corrected chi connectivity index (χ2v) is 4.15. The van der Waals surface area contributed by atoms with Crippen LogP contribution >= 0.6 is 11.6 Å². The van der Waals surface area contributed by atoms with Gasteiger partial charge in [-0.1, -0.05) is 0 Å². The zero-order valence-electron chi connectivity index (χ0n) is 6.19. The third-order valence-corrected chi connectivity index (χ3v) is 2.33. The van der Waals surface area contributed by atoms with E-state index >= 15 is 0 Å². The second kappa shape index (κ2) is 6.17. The molecule has 0 aliphatic carbocycles. The van der Waals surface area contributed by atoms with Crippen molar-refractivity contribution in [1.29, 1.82) is 0 Å². The molecular formula is C8H8BrClZn. The fourth-order valence-corrected chi connectivity index (χ4v) is 1.97. The van der Waals surface area contributed by atoms with E-state index < -0.39 is 0 Å². The van der Waals surface area contributed by atoms with Gasteiger partial charge in [0.1, 0.15) is 0 Å². The molecule has 0 atom stereocenters. The summed E-state index contributed by atoms with van der Waals surface area (Å²) in [5.74, 6) is 0. The maximum Gasteiger partial charge on any atom is -1.00 e. The SMILES string of the molecule is Clc1cccc(C[CH2][Zn+])c1.[Br-]. The summed E-state index contributed by atoms with van der Waals surface area (Å²) in [6.45, 7) is 0. The van der Waals surface area contributed by atoms with Crippen LogP contribution in [0.25, 0.3) is 0 Å². The van der Waals surface area contributed by atoms with Crippen molar-refractivity contribution in [2.24, 2.45) is 0 Å². The van der Waals surface area contributed by atoms with Gasteiger partial charge in [0, 0.05) is 0 Å². The van der Waals surface area contributed by atoms with Crippen LogP contribution < -0.4 is 17.0 Å². The fourth-order valence-electron chi connectivity index (χ4n) is 0.897. The molecule has 0 heterocycles. The first-order valence-electron chi connectivity index (χ1n) is 3.36. The van der Waals surface area contributed by atoms with Crippen molar-refractivity contribution in [2.45, 2.75) is 11.4 Å². The number of benzene rings is 1. The van der Waals surface area contributed by atoms with E-state index in [0.717, 1.165) is 5.02 Å². The van der Waals surface area contributed by atoms with Crippen LogP contribution in [-0.2, 0) is 24.7 Å². The molecule has 1 rings (SSSR count). The van der Waals surface area contributed by atoms with E-state index in [0.29, 0.717) is 0 Å². The van der Waals surface area contributed by atoms with E-state index in [2.05, 4.69) is 6.07 Å². The minimum Gasteiger partial charge on any atom is -1.00 e. The molecule has 11 heavy (non-hydrogen) atoms. The van der Waals surface area contributed by atoms with Crippen LogP contribution in [0.1, 0.15) is 5.56 Å². The molecule has 0 bridgehead atoms. The van der Waals surface area contributed by atoms with Gasteiger partial charge >= 0.3 is 76.2 Å². The summed E-state index contributed by atoms with van der Waals surface area (Å²) in [6, 6.07) is 8.09. The topological polar surface area (TPSA) is 0 Å². The quantitative estimate of drug-likeness (QED) is 0.663. The Labute approximate surface area is 92.8 Å². The minimum absolute atomic E-state index is 0. The van der Waals surface area contributed by atoms with Crippen molar-refractivity contribution in [1.82, 2.24) is 0 Å². The minimum atomic E-state index is 0. The Morgan fingerprint density at radius 1 is 1.36 bits per heavy atom. The summed E-state index contributed by atoms with van der Waals surface area (Å²) in [4.78, 5) is 0. The van der Waals surface area contributed by atoms with E-state index in [1.165, 1.54) is 35.3 Å². The number of hydrogen-bond donors (Lipinski definition) is 0. The van der Waals surface area contributed by atoms with Crippen molar-refractivity contribution < 1.29 is 35.3 Å². The maximum absolute atomic E-state index is 5.79. The van der Waals surface area contributed by atoms with Gasteiger partial charge in [0.15, 0.2) is 0 Å². The first-order chi connectivity index (χ1) is 4.83. The summed E-state index contributed by atoms with van der Waals surface area (Å²) in [5, 5.41) is 2.16. The summed E-state index contributed by atoms with van der Waals surface area (Å²) < 4.78 is 0. The standard InChI is InChI=1S/C8H8Cl.BrH.Zn/c1-2-7-4-3-5-8(9)6-7;;/h3-6H,1-2H2;1H;/q;;+1/p-1. The van der Waals surface area contributed by atoms with E-state index in [4.69, 9.17) is 11.6 Å². The van der Waals surface area contributed by atoms with Gasteiger partial charge in [-0.15, -0.1) is 0 Å². The van der Waals surface area contributed by atoms with Gasteiger partial charge in [0.25, 0.3) is 0 Å². The van der Waals surface area contributed by atoms with Crippen molar-refractivity contribution in [3.05, 3.63) is 34.9 Å². The first kappa shape index (κ1) is 11.6. The molecule has 0 N–H and O–H groups in total. The molecule has 0 saturated carbocycles. The molecule has 1 aromatic carbocycles. The number of hydrogen-bond acceptors (Lipinski definition) is 0. The molecule has 0 radical (unpaired) electrons. The number of aryl methyl sites for hydroxylation is 1. The predicted octanol–water partition coefficient (Wildman–Crippen LogP) is -0.148. The smallest absolute Gasteiger partial charge is 1.00 e. The van der Waals surface area contributed by atoms with Crippen LogP contribution in [0, 0.1) is 0 Å². The van der Waals surface area contributed by atoms with Crippen LogP contribution in [0.15, 0.2) is 24.3 Å². The Bertz CT molecular complexity index is 215. The normalized spacial score (nSPS) is 9.00. The van der Waals surface area contributed by atoms with Crippen molar-refractivity contribution in [3.8, 4) is 0 Å². The average molecular weight is 285 g/mol. The molecule has 0 fully saturated rings. The monoisotopic (exact) mass is 282 g/mol.